The zero-order valence-corrected chi connectivity index (χ0v) is 11.9. The minimum Gasteiger partial charge on any atom is -0.506 e. The third kappa shape index (κ3) is 3.37. The molecule has 2 heterocycles. The summed E-state index contributed by atoms with van der Waals surface area (Å²) in [6, 6.07) is -0.848. The van der Waals surface area contributed by atoms with Crippen molar-refractivity contribution in [2.75, 3.05) is 5.32 Å². The average molecular weight is 311 g/mol. The van der Waals surface area contributed by atoms with Crippen molar-refractivity contribution in [3.05, 3.63) is 10.9 Å². The predicted octanol–water partition coefficient (Wildman–Crippen LogP) is -0.0529. The molecule has 0 radical (unpaired) electrons. The van der Waals surface area contributed by atoms with Gasteiger partial charge in [-0.3, -0.25) is 24.5 Å². The van der Waals surface area contributed by atoms with E-state index in [1.165, 1.54) is 12.3 Å². The molecule has 0 aromatic carbocycles. The van der Waals surface area contributed by atoms with Gasteiger partial charge in [-0.25, -0.2) is 0 Å². The first-order chi connectivity index (χ1) is 9.88. The van der Waals surface area contributed by atoms with Crippen molar-refractivity contribution < 1.29 is 24.3 Å². The quantitative estimate of drug-likeness (QED) is 0.582. The highest BCUT2D eigenvalue weighted by atomic mass is 32.1. The molecular formula is C12H13N3O5S. The van der Waals surface area contributed by atoms with Crippen LogP contribution in [0.5, 0.6) is 5.75 Å². The molecule has 0 aliphatic carbocycles. The van der Waals surface area contributed by atoms with Gasteiger partial charge in [-0.05, 0) is 6.42 Å². The van der Waals surface area contributed by atoms with E-state index in [2.05, 4.69) is 16.0 Å². The van der Waals surface area contributed by atoms with Crippen LogP contribution >= 0.6 is 11.3 Å². The smallest absolute Gasteiger partial charge is 0.258 e. The van der Waals surface area contributed by atoms with E-state index in [1.807, 2.05) is 0 Å². The molecule has 8 nitrogen and oxygen atoms in total. The van der Waals surface area contributed by atoms with Gasteiger partial charge in [-0.15, -0.1) is 11.3 Å². The summed E-state index contributed by atoms with van der Waals surface area (Å²) in [5.41, 5.74) is -0.0973. The Morgan fingerprint density at radius 1 is 1.43 bits per heavy atom. The van der Waals surface area contributed by atoms with Gasteiger partial charge in [0.25, 0.3) is 5.91 Å². The van der Waals surface area contributed by atoms with Crippen LogP contribution in [0.25, 0.3) is 0 Å². The second-order valence-corrected chi connectivity index (χ2v) is 5.36. The number of carbonyl (C=O) groups is 4. The summed E-state index contributed by atoms with van der Waals surface area (Å²) in [7, 11) is 0. The van der Waals surface area contributed by atoms with Gasteiger partial charge < -0.3 is 15.7 Å². The normalized spacial score (nSPS) is 18.0. The van der Waals surface area contributed by atoms with E-state index in [9.17, 15) is 24.3 Å². The topological polar surface area (TPSA) is 125 Å². The highest BCUT2D eigenvalue weighted by molar-refractivity contribution is 7.15. The largest absolute Gasteiger partial charge is 0.506 e. The van der Waals surface area contributed by atoms with Gasteiger partial charge >= 0.3 is 0 Å². The maximum atomic E-state index is 12.1. The van der Waals surface area contributed by atoms with Crippen LogP contribution in [0.3, 0.4) is 0 Å². The molecule has 0 saturated carbocycles. The molecule has 1 aliphatic heterocycles. The molecule has 112 valence electrons. The Morgan fingerprint density at radius 2 is 2.14 bits per heavy atom. The molecule has 4 amide bonds. The first-order valence-electron chi connectivity index (χ1n) is 6.11. The highest BCUT2D eigenvalue weighted by Crippen LogP contribution is 2.33. The number of piperidine rings is 1. The fraction of sp³-hybridized carbons (Fsp3) is 0.333. The zero-order chi connectivity index (χ0) is 15.6. The Hall–Kier alpha value is -2.42. The van der Waals surface area contributed by atoms with Crippen molar-refractivity contribution in [2.45, 2.75) is 25.8 Å². The summed E-state index contributed by atoms with van der Waals surface area (Å²) in [5, 5.41) is 18.2. The van der Waals surface area contributed by atoms with Crippen LogP contribution in [0.1, 0.15) is 30.1 Å². The minimum atomic E-state index is -0.848. The van der Waals surface area contributed by atoms with Crippen LogP contribution in [-0.4, -0.2) is 34.8 Å². The lowest BCUT2D eigenvalue weighted by Gasteiger charge is -2.21. The van der Waals surface area contributed by atoms with E-state index < -0.39 is 17.9 Å². The molecule has 9 heteroatoms. The number of hydrogen-bond acceptors (Lipinski definition) is 6. The van der Waals surface area contributed by atoms with E-state index in [0.717, 1.165) is 11.3 Å². The zero-order valence-electron chi connectivity index (χ0n) is 11.1. The molecule has 0 spiro atoms. The number of anilines is 1. The SMILES string of the molecule is CC(=O)Nc1scc(O)c1C(=O)NC1CCC(=O)NC1=O. The van der Waals surface area contributed by atoms with Gasteiger partial charge in [-0.1, -0.05) is 0 Å². The molecule has 0 bridgehead atoms. The number of thiophene rings is 1. The lowest BCUT2D eigenvalue weighted by molar-refractivity contribution is -0.134. The molecule has 1 saturated heterocycles. The average Bonchev–Trinajstić information content (AvgIpc) is 2.73. The predicted molar refractivity (Wildman–Crippen MR) is 73.9 cm³/mol. The molecule has 1 aliphatic rings. The van der Waals surface area contributed by atoms with Gasteiger partial charge in [0, 0.05) is 18.7 Å². The number of carbonyl (C=O) groups excluding carboxylic acids is 4. The summed E-state index contributed by atoms with van der Waals surface area (Å²) in [4.78, 5) is 45.8. The first-order valence-corrected chi connectivity index (χ1v) is 6.99. The molecular weight excluding hydrogens is 298 g/mol. The minimum absolute atomic E-state index is 0.0973. The lowest BCUT2D eigenvalue weighted by Crippen LogP contribution is -2.52. The Balaban J connectivity index is 2.13. The van der Waals surface area contributed by atoms with Crippen molar-refractivity contribution in [1.82, 2.24) is 10.6 Å². The molecule has 2 rings (SSSR count). The number of amides is 4. The van der Waals surface area contributed by atoms with Crippen LogP contribution in [0.15, 0.2) is 5.38 Å². The van der Waals surface area contributed by atoms with Crippen LogP contribution in [0.4, 0.5) is 5.00 Å². The van der Waals surface area contributed by atoms with Crippen LogP contribution in [0, 0.1) is 0 Å². The molecule has 1 unspecified atom stereocenters. The van der Waals surface area contributed by atoms with Crippen LogP contribution < -0.4 is 16.0 Å². The van der Waals surface area contributed by atoms with Crippen molar-refractivity contribution in [2.24, 2.45) is 0 Å². The highest BCUT2D eigenvalue weighted by Gasteiger charge is 2.30. The van der Waals surface area contributed by atoms with E-state index in [0.29, 0.717) is 0 Å². The van der Waals surface area contributed by atoms with E-state index in [-0.39, 0.29) is 41.0 Å². The summed E-state index contributed by atoms with van der Waals surface area (Å²) >= 11 is 0.999. The van der Waals surface area contributed by atoms with Gasteiger partial charge in [0.15, 0.2) is 0 Å². The second kappa shape index (κ2) is 5.92. The standard InChI is InChI=1S/C12H13N3O5S/c1-5(16)13-12-9(7(17)4-21-12)11(20)14-6-2-3-8(18)15-10(6)19/h4,6,17H,2-3H2,1H3,(H,13,16)(H,14,20)(H,15,18,19). The van der Waals surface area contributed by atoms with Crippen LogP contribution in [0.2, 0.25) is 0 Å². The number of nitrogens with one attached hydrogen (secondary N) is 3. The van der Waals surface area contributed by atoms with Crippen molar-refractivity contribution >= 4 is 40.0 Å². The molecule has 1 aromatic rings. The second-order valence-electron chi connectivity index (χ2n) is 4.48. The molecule has 1 fully saturated rings. The number of rotatable bonds is 3. The van der Waals surface area contributed by atoms with Gasteiger partial charge in [0.05, 0.1) is 0 Å². The Labute approximate surface area is 123 Å². The molecule has 1 atom stereocenters. The van der Waals surface area contributed by atoms with Crippen molar-refractivity contribution in [3.63, 3.8) is 0 Å². The fourth-order valence-corrected chi connectivity index (χ4v) is 2.75. The summed E-state index contributed by atoms with van der Waals surface area (Å²) in [6.45, 7) is 1.28. The van der Waals surface area contributed by atoms with E-state index in [1.54, 1.807) is 0 Å². The van der Waals surface area contributed by atoms with E-state index in [4.69, 9.17) is 0 Å². The van der Waals surface area contributed by atoms with Crippen molar-refractivity contribution in [3.8, 4) is 5.75 Å². The lowest BCUT2D eigenvalue weighted by atomic mass is 10.1. The van der Waals surface area contributed by atoms with Crippen molar-refractivity contribution in [1.29, 1.82) is 0 Å². The summed E-state index contributed by atoms with van der Waals surface area (Å²) < 4.78 is 0. The number of imide groups is 1. The molecule has 1 aromatic heterocycles. The fourth-order valence-electron chi connectivity index (χ4n) is 1.88. The summed E-state index contributed by atoms with van der Waals surface area (Å²) in [5.74, 6) is -2.33. The first kappa shape index (κ1) is 15.0. The maximum absolute atomic E-state index is 12.1. The summed E-state index contributed by atoms with van der Waals surface area (Å²) in [6.07, 6.45) is 0.321. The van der Waals surface area contributed by atoms with Crippen LogP contribution in [-0.2, 0) is 14.4 Å². The van der Waals surface area contributed by atoms with Gasteiger partial charge in [-0.2, -0.15) is 0 Å². The number of aromatic hydroxyl groups is 1. The van der Waals surface area contributed by atoms with Gasteiger partial charge in [0.2, 0.25) is 17.7 Å². The Bertz CT molecular complexity index is 624. The maximum Gasteiger partial charge on any atom is 0.258 e. The Morgan fingerprint density at radius 3 is 2.76 bits per heavy atom. The monoisotopic (exact) mass is 311 g/mol. The molecule has 21 heavy (non-hydrogen) atoms. The third-order valence-electron chi connectivity index (χ3n) is 2.83. The van der Waals surface area contributed by atoms with Gasteiger partial charge in [0.1, 0.15) is 22.4 Å². The number of hydrogen-bond donors (Lipinski definition) is 4. The van der Waals surface area contributed by atoms with E-state index >= 15 is 0 Å². The third-order valence-corrected chi connectivity index (χ3v) is 3.72. The molecule has 4 N–H and O–H groups in total. The Kier molecular flexibility index (Phi) is 4.22.